The number of guanidine groups is 1. The molecule has 5 N–H and O–H groups in total. The number of hydrogen-bond acceptors (Lipinski definition) is 3. The van der Waals surface area contributed by atoms with Crippen molar-refractivity contribution in [1.29, 1.82) is 0 Å². The number of likely N-dealkylation sites (N-methyl/N-ethyl adjacent to an activating group) is 1. The number of carbonyl (C=O) groups excluding carboxylic acids is 1. The lowest BCUT2D eigenvalue weighted by Crippen LogP contribution is -2.46. The molecule has 0 amide bonds. The van der Waals surface area contributed by atoms with Gasteiger partial charge in [-0.05, 0) is 33.7 Å². The Bertz CT molecular complexity index is 223. The number of rotatable bonds is 6. The number of nitrogens with two attached hydrogens (primary N) is 2. The quantitative estimate of drug-likeness (QED) is 0.309. The first-order valence-electron chi connectivity index (χ1n) is 4.67. The third-order valence-electron chi connectivity index (χ3n) is 2.46. The molecule has 1 atom stereocenters. The predicted octanol–water partition coefficient (Wildman–Crippen LogP) is -0.393. The SMILES string of the molecule is CN[C@@](C)(CCCN=C(N)N)C(C)=O. The zero-order valence-corrected chi connectivity index (χ0v) is 9.13. The summed E-state index contributed by atoms with van der Waals surface area (Å²) in [5, 5.41) is 3.01. The van der Waals surface area contributed by atoms with Crippen LogP contribution in [0, 0.1) is 0 Å². The van der Waals surface area contributed by atoms with Gasteiger partial charge >= 0.3 is 0 Å². The summed E-state index contributed by atoms with van der Waals surface area (Å²) in [5.74, 6) is 0.226. The van der Waals surface area contributed by atoms with Gasteiger partial charge in [-0.15, -0.1) is 0 Å². The highest BCUT2D eigenvalue weighted by atomic mass is 16.1. The van der Waals surface area contributed by atoms with Gasteiger partial charge in [-0.25, -0.2) is 0 Å². The Balaban J connectivity index is 3.97. The van der Waals surface area contributed by atoms with Crippen LogP contribution < -0.4 is 16.8 Å². The Kier molecular flexibility index (Phi) is 5.15. The van der Waals surface area contributed by atoms with E-state index in [2.05, 4.69) is 10.3 Å². The van der Waals surface area contributed by atoms with Crippen LogP contribution in [0.25, 0.3) is 0 Å². The summed E-state index contributed by atoms with van der Waals surface area (Å²) in [6.45, 7) is 4.02. The van der Waals surface area contributed by atoms with E-state index >= 15 is 0 Å². The van der Waals surface area contributed by atoms with Gasteiger partial charge in [0, 0.05) is 6.54 Å². The minimum absolute atomic E-state index is 0.0963. The zero-order valence-electron chi connectivity index (χ0n) is 9.13. The molecule has 0 unspecified atom stereocenters. The van der Waals surface area contributed by atoms with E-state index in [1.54, 1.807) is 14.0 Å². The Hall–Kier alpha value is -1.10. The van der Waals surface area contributed by atoms with Gasteiger partial charge in [0.05, 0.1) is 5.54 Å². The highest BCUT2D eigenvalue weighted by Crippen LogP contribution is 2.12. The second kappa shape index (κ2) is 5.59. The van der Waals surface area contributed by atoms with Gasteiger partial charge in [-0.2, -0.15) is 0 Å². The molecule has 5 nitrogen and oxygen atoms in total. The second-order valence-corrected chi connectivity index (χ2v) is 3.55. The van der Waals surface area contributed by atoms with E-state index < -0.39 is 5.54 Å². The number of nitrogens with one attached hydrogen (secondary N) is 1. The molecule has 0 aromatic rings. The van der Waals surface area contributed by atoms with Crippen LogP contribution in [-0.2, 0) is 4.79 Å². The predicted molar refractivity (Wildman–Crippen MR) is 58.1 cm³/mol. The van der Waals surface area contributed by atoms with Crippen LogP contribution >= 0.6 is 0 Å². The Labute approximate surface area is 84.9 Å². The molecule has 0 aliphatic carbocycles. The number of carbonyl (C=O) groups is 1. The van der Waals surface area contributed by atoms with Crippen molar-refractivity contribution in [1.82, 2.24) is 5.32 Å². The molecule has 0 fully saturated rings. The fraction of sp³-hybridized carbons (Fsp3) is 0.778. The molecule has 14 heavy (non-hydrogen) atoms. The Morgan fingerprint density at radius 1 is 1.50 bits per heavy atom. The zero-order chi connectivity index (χ0) is 11.2. The first kappa shape index (κ1) is 12.9. The lowest BCUT2D eigenvalue weighted by atomic mass is 9.92. The van der Waals surface area contributed by atoms with Crippen LogP contribution in [-0.4, -0.2) is 30.9 Å². The standard InChI is InChI=1S/C9H20N4O/c1-7(14)9(2,12-3)5-4-6-13-8(10)11/h12H,4-6H2,1-3H3,(H4,10,11,13)/t9-/m0/s1. The van der Waals surface area contributed by atoms with Crippen LogP contribution in [0.3, 0.4) is 0 Å². The molecule has 0 bridgehead atoms. The van der Waals surface area contributed by atoms with Gasteiger partial charge in [0.15, 0.2) is 5.96 Å². The van der Waals surface area contributed by atoms with Gasteiger partial charge < -0.3 is 16.8 Å². The minimum atomic E-state index is -0.459. The van der Waals surface area contributed by atoms with Gasteiger partial charge in [0.1, 0.15) is 5.78 Å². The third-order valence-corrected chi connectivity index (χ3v) is 2.46. The van der Waals surface area contributed by atoms with Crippen molar-refractivity contribution in [2.75, 3.05) is 13.6 Å². The number of aliphatic imine (C=N–C) groups is 1. The molecule has 0 aliphatic heterocycles. The van der Waals surface area contributed by atoms with Crippen LogP contribution in [0.2, 0.25) is 0 Å². The van der Waals surface area contributed by atoms with Crippen molar-refractivity contribution in [3.05, 3.63) is 0 Å². The molecule has 0 radical (unpaired) electrons. The first-order valence-corrected chi connectivity index (χ1v) is 4.67. The van der Waals surface area contributed by atoms with Gasteiger partial charge in [-0.3, -0.25) is 9.79 Å². The molecule has 0 aromatic heterocycles. The topological polar surface area (TPSA) is 93.5 Å². The molecular formula is C9H20N4O. The summed E-state index contributed by atoms with van der Waals surface area (Å²) < 4.78 is 0. The van der Waals surface area contributed by atoms with E-state index in [0.717, 1.165) is 12.8 Å². The minimum Gasteiger partial charge on any atom is -0.370 e. The van der Waals surface area contributed by atoms with Crippen LogP contribution in [0.4, 0.5) is 0 Å². The summed E-state index contributed by atoms with van der Waals surface area (Å²) in [4.78, 5) is 15.1. The largest absolute Gasteiger partial charge is 0.370 e. The summed E-state index contributed by atoms with van der Waals surface area (Å²) in [7, 11) is 1.78. The monoisotopic (exact) mass is 200 g/mol. The van der Waals surface area contributed by atoms with Crippen molar-refractivity contribution in [3.63, 3.8) is 0 Å². The van der Waals surface area contributed by atoms with Gasteiger partial charge in [0.2, 0.25) is 0 Å². The van der Waals surface area contributed by atoms with Crippen molar-refractivity contribution in [2.24, 2.45) is 16.5 Å². The molecule has 0 rings (SSSR count). The molecule has 0 heterocycles. The van der Waals surface area contributed by atoms with Crippen LogP contribution in [0.15, 0.2) is 4.99 Å². The van der Waals surface area contributed by atoms with E-state index in [1.807, 2.05) is 6.92 Å². The van der Waals surface area contributed by atoms with Crippen molar-refractivity contribution >= 4 is 11.7 Å². The van der Waals surface area contributed by atoms with E-state index in [1.165, 1.54) is 0 Å². The molecule has 0 saturated carbocycles. The molecule has 0 spiro atoms. The highest BCUT2D eigenvalue weighted by molar-refractivity contribution is 5.85. The average Bonchev–Trinajstić information content (AvgIpc) is 2.11. The summed E-state index contributed by atoms with van der Waals surface area (Å²) in [6, 6.07) is 0. The van der Waals surface area contributed by atoms with Crippen LogP contribution in [0.1, 0.15) is 26.7 Å². The summed E-state index contributed by atoms with van der Waals surface area (Å²) in [5.41, 5.74) is 9.90. The second-order valence-electron chi connectivity index (χ2n) is 3.55. The highest BCUT2D eigenvalue weighted by Gasteiger charge is 2.26. The Morgan fingerprint density at radius 2 is 2.07 bits per heavy atom. The molecule has 5 heteroatoms. The van der Waals surface area contributed by atoms with Crippen molar-refractivity contribution in [2.45, 2.75) is 32.2 Å². The average molecular weight is 200 g/mol. The van der Waals surface area contributed by atoms with Gasteiger partial charge in [-0.1, -0.05) is 0 Å². The first-order chi connectivity index (χ1) is 6.42. The maximum atomic E-state index is 11.3. The summed E-state index contributed by atoms with van der Waals surface area (Å²) in [6.07, 6.45) is 1.52. The Morgan fingerprint density at radius 3 is 2.43 bits per heavy atom. The normalized spacial score (nSPS) is 14.5. The van der Waals surface area contributed by atoms with Gasteiger partial charge in [0.25, 0.3) is 0 Å². The van der Waals surface area contributed by atoms with E-state index in [4.69, 9.17) is 11.5 Å². The van der Waals surface area contributed by atoms with E-state index in [9.17, 15) is 4.79 Å². The molecule has 0 aromatic carbocycles. The van der Waals surface area contributed by atoms with Crippen LogP contribution in [0.5, 0.6) is 0 Å². The fourth-order valence-electron chi connectivity index (χ4n) is 1.12. The van der Waals surface area contributed by atoms with E-state index in [0.29, 0.717) is 6.54 Å². The third kappa shape index (κ3) is 4.23. The molecule has 0 saturated heterocycles. The molecule has 0 aliphatic rings. The molecule has 82 valence electrons. The maximum Gasteiger partial charge on any atom is 0.185 e. The maximum absolute atomic E-state index is 11.3. The lowest BCUT2D eigenvalue weighted by Gasteiger charge is -2.25. The smallest absolute Gasteiger partial charge is 0.185 e. The fourth-order valence-corrected chi connectivity index (χ4v) is 1.12. The lowest BCUT2D eigenvalue weighted by molar-refractivity contribution is -0.122. The van der Waals surface area contributed by atoms with E-state index in [-0.39, 0.29) is 11.7 Å². The van der Waals surface area contributed by atoms with Crippen molar-refractivity contribution < 1.29 is 4.79 Å². The number of nitrogens with zero attached hydrogens (tertiary/aromatic N) is 1. The number of hydrogen-bond donors (Lipinski definition) is 3. The molecular weight excluding hydrogens is 180 g/mol. The van der Waals surface area contributed by atoms with Crippen molar-refractivity contribution in [3.8, 4) is 0 Å². The summed E-state index contributed by atoms with van der Waals surface area (Å²) >= 11 is 0. The number of ketones is 1. The number of Topliss-reactive ketones (excluding diaryl/α,β-unsaturated/α-hetero) is 1.